The molecule has 0 aromatic heterocycles. The maximum atomic E-state index is 12.9. The predicted octanol–water partition coefficient (Wildman–Crippen LogP) is 2.42. The first-order valence-electron chi connectivity index (χ1n) is 6.42. The average molecular weight is 339 g/mol. The van der Waals surface area contributed by atoms with Crippen molar-refractivity contribution in [2.24, 2.45) is 0 Å². The normalized spacial score (nSPS) is 10.9. The van der Waals surface area contributed by atoms with Crippen LogP contribution in [0, 0.1) is 5.82 Å². The summed E-state index contributed by atoms with van der Waals surface area (Å²) in [6, 6.07) is 8.54. The zero-order chi connectivity index (χ0) is 17.0. The molecule has 0 aliphatic rings. The Kier molecular flexibility index (Phi) is 4.85. The second kappa shape index (κ2) is 6.66. The summed E-state index contributed by atoms with van der Waals surface area (Å²) < 4.78 is 49.3. The number of carbonyl (C=O) groups excluding carboxylic acids is 1. The molecule has 122 valence electrons. The number of hydrogen-bond acceptors (Lipinski definition) is 5. The molecule has 1 N–H and O–H groups in total. The van der Waals surface area contributed by atoms with Gasteiger partial charge in [-0.3, -0.25) is 4.72 Å². The van der Waals surface area contributed by atoms with Crippen LogP contribution >= 0.6 is 0 Å². The van der Waals surface area contributed by atoms with E-state index in [2.05, 4.69) is 9.46 Å². The van der Waals surface area contributed by atoms with Gasteiger partial charge in [0.05, 0.1) is 24.8 Å². The molecule has 0 atom stereocenters. The molecule has 2 rings (SSSR count). The molecule has 0 saturated heterocycles. The first kappa shape index (κ1) is 16.8. The van der Waals surface area contributed by atoms with Crippen LogP contribution in [0.25, 0.3) is 0 Å². The zero-order valence-electron chi connectivity index (χ0n) is 12.4. The van der Waals surface area contributed by atoms with Crippen LogP contribution in [0.1, 0.15) is 10.4 Å². The Morgan fingerprint density at radius 1 is 1.09 bits per heavy atom. The van der Waals surface area contributed by atoms with Crippen molar-refractivity contribution in [3.63, 3.8) is 0 Å². The third-order valence-corrected chi connectivity index (χ3v) is 4.38. The van der Waals surface area contributed by atoms with Crippen LogP contribution in [-0.2, 0) is 14.8 Å². The lowest BCUT2D eigenvalue weighted by Crippen LogP contribution is -2.13. The van der Waals surface area contributed by atoms with E-state index in [0.717, 1.165) is 24.3 Å². The fraction of sp³-hybridized carbons (Fsp3) is 0.133. The minimum Gasteiger partial charge on any atom is -0.496 e. The fourth-order valence-electron chi connectivity index (χ4n) is 1.86. The third kappa shape index (κ3) is 3.78. The van der Waals surface area contributed by atoms with Gasteiger partial charge < -0.3 is 9.47 Å². The minimum atomic E-state index is -3.88. The number of hydrogen-bond donors (Lipinski definition) is 1. The first-order chi connectivity index (χ1) is 10.9. The highest BCUT2D eigenvalue weighted by Gasteiger charge is 2.17. The number of ether oxygens (including phenoxy) is 2. The largest absolute Gasteiger partial charge is 0.496 e. The molecule has 0 saturated carbocycles. The van der Waals surface area contributed by atoms with Gasteiger partial charge in [-0.25, -0.2) is 17.6 Å². The van der Waals surface area contributed by atoms with Gasteiger partial charge in [0.1, 0.15) is 17.1 Å². The SMILES string of the molecule is COC(=O)c1ccc(NS(=O)(=O)c2ccc(F)cc2)cc1OC. The van der Waals surface area contributed by atoms with Crippen molar-refractivity contribution in [1.82, 2.24) is 0 Å². The van der Waals surface area contributed by atoms with E-state index in [1.807, 2.05) is 0 Å². The second-order valence-electron chi connectivity index (χ2n) is 4.47. The zero-order valence-corrected chi connectivity index (χ0v) is 13.2. The second-order valence-corrected chi connectivity index (χ2v) is 6.15. The molecule has 0 aliphatic heterocycles. The lowest BCUT2D eigenvalue weighted by molar-refractivity contribution is 0.0597. The molecule has 0 heterocycles. The maximum Gasteiger partial charge on any atom is 0.341 e. The summed E-state index contributed by atoms with van der Waals surface area (Å²) in [7, 11) is -1.31. The molecule has 0 amide bonds. The van der Waals surface area contributed by atoms with Crippen molar-refractivity contribution in [3.8, 4) is 5.75 Å². The number of sulfonamides is 1. The van der Waals surface area contributed by atoms with Gasteiger partial charge in [-0.2, -0.15) is 0 Å². The van der Waals surface area contributed by atoms with Crippen molar-refractivity contribution >= 4 is 21.7 Å². The molecule has 6 nitrogen and oxygen atoms in total. The number of benzene rings is 2. The lowest BCUT2D eigenvalue weighted by atomic mass is 10.2. The van der Waals surface area contributed by atoms with Gasteiger partial charge in [0.2, 0.25) is 0 Å². The molecular formula is C15H14FNO5S. The van der Waals surface area contributed by atoms with E-state index in [9.17, 15) is 17.6 Å². The molecular weight excluding hydrogens is 325 g/mol. The van der Waals surface area contributed by atoms with Gasteiger partial charge in [0, 0.05) is 6.07 Å². The number of rotatable bonds is 5. The fourth-order valence-corrected chi connectivity index (χ4v) is 2.91. The number of anilines is 1. The molecule has 2 aromatic carbocycles. The van der Waals surface area contributed by atoms with E-state index in [1.54, 1.807) is 0 Å². The summed E-state index contributed by atoms with van der Waals surface area (Å²) in [6.45, 7) is 0. The standard InChI is InChI=1S/C15H14FNO5S/c1-21-14-9-11(5-8-13(14)15(18)22-2)17-23(19,20)12-6-3-10(16)4-7-12/h3-9,17H,1-2H3. The quantitative estimate of drug-likeness (QED) is 0.846. The van der Waals surface area contributed by atoms with Crippen LogP contribution in [0.15, 0.2) is 47.4 Å². The summed E-state index contributed by atoms with van der Waals surface area (Å²) in [6.07, 6.45) is 0. The summed E-state index contributed by atoms with van der Waals surface area (Å²) in [5.74, 6) is -0.973. The molecule has 0 fully saturated rings. The molecule has 0 bridgehead atoms. The van der Waals surface area contributed by atoms with Gasteiger partial charge in [-0.15, -0.1) is 0 Å². The minimum absolute atomic E-state index is 0.0880. The molecule has 0 unspecified atom stereocenters. The average Bonchev–Trinajstić information content (AvgIpc) is 2.54. The van der Waals surface area contributed by atoms with Gasteiger partial charge in [0.15, 0.2) is 0 Å². The number of nitrogens with one attached hydrogen (secondary N) is 1. The summed E-state index contributed by atoms with van der Waals surface area (Å²) in [5, 5.41) is 0. The van der Waals surface area contributed by atoms with Gasteiger partial charge in [0.25, 0.3) is 10.0 Å². The Bertz CT molecular complexity index is 818. The molecule has 2 aromatic rings. The number of esters is 1. The summed E-state index contributed by atoms with van der Waals surface area (Å²) >= 11 is 0. The van der Waals surface area contributed by atoms with Gasteiger partial charge in [-0.1, -0.05) is 0 Å². The number of halogens is 1. The van der Waals surface area contributed by atoms with Crippen molar-refractivity contribution in [2.45, 2.75) is 4.90 Å². The van der Waals surface area contributed by atoms with Crippen LogP contribution < -0.4 is 9.46 Å². The Morgan fingerprint density at radius 3 is 2.30 bits per heavy atom. The molecule has 0 aliphatic carbocycles. The summed E-state index contributed by atoms with van der Waals surface area (Å²) in [5.41, 5.74) is 0.360. The van der Waals surface area contributed by atoms with E-state index in [-0.39, 0.29) is 21.9 Å². The monoisotopic (exact) mass is 339 g/mol. The number of methoxy groups -OCH3 is 2. The third-order valence-electron chi connectivity index (χ3n) is 2.98. The van der Waals surface area contributed by atoms with Crippen molar-refractivity contribution in [2.75, 3.05) is 18.9 Å². The van der Waals surface area contributed by atoms with Crippen LogP contribution in [0.2, 0.25) is 0 Å². The maximum absolute atomic E-state index is 12.9. The van der Waals surface area contributed by atoms with Crippen LogP contribution in [0.4, 0.5) is 10.1 Å². The van der Waals surface area contributed by atoms with E-state index < -0.39 is 21.8 Å². The summed E-state index contributed by atoms with van der Waals surface area (Å²) in [4.78, 5) is 11.5. The highest BCUT2D eigenvalue weighted by Crippen LogP contribution is 2.25. The molecule has 8 heteroatoms. The Labute approximate surface area is 132 Å². The Morgan fingerprint density at radius 2 is 1.74 bits per heavy atom. The Hall–Kier alpha value is -2.61. The van der Waals surface area contributed by atoms with Crippen LogP contribution in [-0.4, -0.2) is 28.6 Å². The lowest BCUT2D eigenvalue weighted by Gasteiger charge is -2.11. The van der Waals surface area contributed by atoms with E-state index in [4.69, 9.17) is 4.74 Å². The van der Waals surface area contributed by atoms with E-state index >= 15 is 0 Å². The van der Waals surface area contributed by atoms with Gasteiger partial charge in [-0.05, 0) is 36.4 Å². The molecule has 0 spiro atoms. The highest BCUT2D eigenvalue weighted by atomic mass is 32.2. The van der Waals surface area contributed by atoms with Crippen LogP contribution in [0.5, 0.6) is 5.75 Å². The molecule has 0 radical (unpaired) electrons. The smallest absolute Gasteiger partial charge is 0.341 e. The van der Waals surface area contributed by atoms with E-state index in [1.165, 1.54) is 32.4 Å². The van der Waals surface area contributed by atoms with Crippen molar-refractivity contribution < 1.29 is 27.1 Å². The van der Waals surface area contributed by atoms with E-state index in [0.29, 0.717) is 0 Å². The number of carbonyl (C=O) groups is 1. The predicted molar refractivity (Wildman–Crippen MR) is 81.5 cm³/mol. The first-order valence-corrected chi connectivity index (χ1v) is 7.90. The topological polar surface area (TPSA) is 81.7 Å². The van der Waals surface area contributed by atoms with Crippen molar-refractivity contribution in [3.05, 3.63) is 53.8 Å². The highest BCUT2D eigenvalue weighted by molar-refractivity contribution is 7.92. The molecule has 23 heavy (non-hydrogen) atoms. The van der Waals surface area contributed by atoms with Gasteiger partial charge >= 0.3 is 5.97 Å². The van der Waals surface area contributed by atoms with Crippen molar-refractivity contribution in [1.29, 1.82) is 0 Å². The van der Waals surface area contributed by atoms with Crippen LogP contribution in [0.3, 0.4) is 0 Å². The Balaban J connectivity index is 2.32.